The number of amides is 1. The number of sulfone groups is 1. The van der Waals surface area contributed by atoms with Crippen LogP contribution in [0.15, 0.2) is 40.3 Å². The number of rotatable bonds is 8. The van der Waals surface area contributed by atoms with Crippen LogP contribution in [-0.2, 0) is 14.6 Å². The largest absolute Gasteiger partial charge is 0.444 e. The predicted octanol–water partition coefficient (Wildman–Crippen LogP) is 7.29. The zero-order valence-electron chi connectivity index (χ0n) is 31.4. The number of aromatic nitrogens is 5. The topological polar surface area (TPSA) is 140 Å². The number of carbonyl (C=O) groups excluding carboxylic acids is 1. The highest BCUT2D eigenvalue weighted by Gasteiger charge is 2.37. The number of fused-ring (bicyclic) bond motifs is 1. The molecule has 0 bridgehead atoms. The molecule has 4 heterocycles. The van der Waals surface area contributed by atoms with Gasteiger partial charge in [0.15, 0.2) is 5.65 Å². The van der Waals surface area contributed by atoms with E-state index in [9.17, 15) is 18.0 Å². The minimum absolute atomic E-state index is 0.106. The Morgan fingerprint density at radius 3 is 2.17 bits per heavy atom. The SMILES string of the molecule is CCCS(=O)(=O)c1nc(C(C)C)c(-n2c(=O)nc(N3C[C@@H](C)N(C(=O)OC(C)(C)C)C[C@@H]3C)c3cc(Cl)c(-c4ccccc4F)nc32)c(C(C)C)n1. The van der Waals surface area contributed by atoms with Crippen LogP contribution >= 0.6 is 11.6 Å². The molecule has 5 rings (SSSR count). The van der Waals surface area contributed by atoms with Crippen molar-refractivity contribution in [1.29, 1.82) is 0 Å². The minimum atomic E-state index is -3.82. The summed E-state index contributed by atoms with van der Waals surface area (Å²) in [5.41, 5.74) is -0.138. The molecule has 2 atom stereocenters. The summed E-state index contributed by atoms with van der Waals surface area (Å²) in [7, 11) is -3.82. The molecule has 0 radical (unpaired) electrons. The van der Waals surface area contributed by atoms with Gasteiger partial charge >= 0.3 is 11.8 Å². The summed E-state index contributed by atoms with van der Waals surface area (Å²) in [5.74, 6) is -1.11. The van der Waals surface area contributed by atoms with E-state index in [4.69, 9.17) is 21.3 Å². The van der Waals surface area contributed by atoms with Crippen LogP contribution in [0.2, 0.25) is 5.02 Å². The van der Waals surface area contributed by atoms with Gasteiger partial charge in [-0.1, -0.05) is 58.4 Å². The maximum absolute atomic E-state index is 15.3. The van der Waals surface area contributed by atoms with E-state index in [0.717, 1.165) is 0 Å². The molecule has 0 saturated carbocycles. The fraction of sp³-hybridized carbons (Fsp3) is 0.514. The van der Waals surface area contributed by atoms with Gasteiger partial charge in [-0.15, -0.1) is 0 Å². The van der Waals surface area contributed by atoms with E-state index >= 15 is 4.39 Å². The zero-order chi connectivity index (χ0) is 38.4. The summed E-state index contributed by atoms with van der Waals surface area (Å²) < 4.78 is 48.8. The van der Waals surface area contributed by atoms with Crippen LogP contribution in [0.3, 0.4) is 0 Å². The van der Waals surface area contributed by atoms with Gasteiger partial charge in [0, 0.05) is 30.7 Å². The molecule has 1 aliphatic rings. The van der Waals surface area contributed by atoms with Crippen LogP contribution in [0.5, 0.6) is 0 Å². The number of hydrogen-bond donors (Lipinski definition) is 0. The Bertz CT molecular complexity index is 2160. The summed E-state index contributed by atoms with van der Waals surface area (Å²) in [5, 5.41) is 0.215. The molecule has 1 aromatic carbocycles. The van der Waals surface area contributed by atoms with Crippen molar-refractivity contribution in [2.45, 2.75) is 110 Å². The normalized spacial score (nSPS) is 17.0. The zero-order valence-corrected chi connectivity index (χ0v) is 32.9. The summed E-state index contributed by atoms with van der Waals surface area (Å²) in [6.07, 6.45) is -0.0606. The highest BCUT2D eigenvalue weighted by molar-refractivity contribution is 7.91. The van der Waals surface area contributed by atoms with Crippen molar-refractivity contribution in [1.82, 2.24) is 29.4 Å². The minimum Gasteiger partial charge on any atom is -0.444 e. The number of ether oxygens (including phenoxy) is 1. The van der Waals surface area contributed by atoms with Crippen LogP contribution in [0, 0.1) is 5.82 Å². The van der Waals surface area contributed by atoms with Gasteiger partial charge in [-0.3, -0.25) is 0 Å². The second-order valence-corrected chi connectivity index (χ2v) is 17.4. The molecule has 12 nitrogen and oxygen atoms in total. The van der Waals surface area contributed by atoms with Crippen molar-refractivity contribution < 1.29 is 22.3 Å². The molecular formula is C37H47ClFN7O5S. The van der Waals surface area contributed by atoms with Crippen LogP contribution < -0.4 is 10.6 Å². The Morgan fingerprint density at radius 2 is 1.62 bits per heavy atom. The third-order valence-corrected chi connectivity index (χ3v) is 10.8. The molecule has 0 unspecified atom stereocenters. The maximum Gasteiger partial charge on any atom is 0.410 e. The number of carbonyl (C=O) groups is 1. The molecule has 0 aliphatic carbocycles. The first-order chi connectivity index (χ1) is 24.2. The molecule has 1 amide bonds. The molecule has 1 saturated heterocycles. The van der Waals surface area contributed by atoms with E-state index < -0.39 is 33.0 Å². The molecular weight excluding hydrogens is 709 g/mol. The van der Waals surface area contributed by atoms with Gasteiger partial charge in [-0.05, 0) is 71.1 Å². The lowest BCUT2D eigenvalue weighted by atomic mass is 10.0. The van der Waals surface area contributed by atoms with Gasteiger partial charge in [0.1, 0.15) is 17.2 Å². The van der Waals surface area contributed by atoms with Gasteiger partial charge in [0.2, 0.25) is 15.0 Å². The highest BCUT2D eigenvalue weighted by Crippen LogP contribution is 2.38. The molecule has 15 heteroatoms. The number of benzene rings is 1. The van der Waals surface area contributed by atoms with Gasteiger partial charge in [-0.25, -0.2) is 41.9 Å². The number of hydrogen-bond acceptors (Lipinski definition) is 10. The second-order valence-electron chi connectivity index (χ2n) is 15.0. The molecule has 0 N–H and O–H groups in total. The molecule has 3 aromatic heterocycles. The smallest absolute Gasteiger partial charge is 0.410 e. The first-order valence-corrected chi connectivity index (χ1v) is 19.6. The van der Waals surface area contributed by atoms with Gasteiger partial charge < -0.3 is 14.5 Å². The van der Waals surface area contributed by atoms with Crippen molar-refractivity contribution in [2.75, 3.05) is 23.7 Å². The van der Waals surface area contributed by atoms with Crippen LogP contribution in [-0.4, -0.2) is 80.4 Å². The lowest BCUT2D eigenvalue weighted by Gasteiger charge is -2.44. The number of piperazine rings is 1. The van der Waals surface area contributed by atoms with Crippen molar-refractivity contribution in [3.05, 3.63) is 63.0 Å². The van der Waals surface area contributed by atoms with E-state index in [2.05, 4.69) is 15.0 Å². The predicted molar refractivity (Wildman–Crippen MR) is 201 cm³/mol. The summed E-state index contributed by atoms with van der Waals surface area (Å²) in [4.78, 5) is 49.9. The average molecular weight is 756 g/mol. The number of halogens is 2. The molecule has 1 aliphatic heterocycles. The third kappa shape index (κ3) is 7.64. The van der Waals surface area contributed by atoms with E-state index in [1.165, 1.54) is 10.6 Å². The maximum atomic E-state index is 15.3. The Kier molecular flexibility index (Phi) is 11.0. The fourth-order valence-corrected chi connectivity index (χ4v) is 7.81. The van der Waals surface area contributed by atoms with Crippen LogP contribution in [0.4, 0.5) is 15.0 Å². The molecule has 0 spiro atoms. The van der Waals surface area contributed by atoms with Crippen molar-refractivity contribution in [2.24, 2.45) is 0 Å². The van der Waals surface area contributed by atoms with Gasteiger partial charge in [0.25, 0.3) is 0 Å². The Morgan fingerprint density at radius 1 is 1.00 bits per heavy atom. The van der Waals surface area contributed by atoms with Crippen molar-refractivity contribution in [3.8, 4) is 16.9 Å². The highest BCUT2D eigenvalue weighted by atomic mass is 35.5. The lowest BCUT2D eigenvalue weighted by molar-refractivity contribution is 0.0130. The standard InChI is InChI=1S/C37H47ClFN7O5S/c1-11-16-52(49,50)34-41-28(20(2)3)31(29(42-34)21(4)5)46-33-25(17-26(38)30(40-33)24-14-12-13-15-27(24)39)32(43-35(46)47)44-18-23(7)45(19-22(44)6)36(48)51-37(8,9)10/h12-15,17,20-23H,11,16,18-19H2,1-10H3/t22-,23+/m0/s1. The van der Waals surface area contributed by atoms with Crippen molar-refractivity contribution in [3.63, 3.8) is 0 Å². The van der Waals surface area contributed by atoms with Gasteiger partial charge in [-0.2, -0.15) is 4.98 Å². The van der Waals surface area contributed by atoms with E-state index in [1.807, 2.05) is 67.2 Å². The quantitative estimate of drug-likeness (QED) is 0.168. The molecule has 280 valence electrons. The number of anilines is 1. The molecule has 4 aromatic rings. The lowest BCUT2D eigenvalue weighted by Crippen LogP contribution is -2.59. The summed E-state index contributed by atoms with van der Waals surface area (Å²) in [6.45, 7) is 19.0. The van der Waals surface area contributed by atoms with E-state index in [0.29, 0.717) is 29.7 Å². The number of nitrogens with zero attached hydrogens (tertiary/aromatic N) is 7. The molecule has 52 heavy (non-hydrogen) atoms. The first-order valence-electron chi connectivity index (χ1n) is 17.5. The van der Waals surface area contributed by atoms with Crippen LogP contribution in [0.1, 0.15) is 98.9 Å². The van der Waals surface area contributed by atoms with E-state index in [-0.39, 0.29) is 74.8 Å². The average Bonchev–Trinajstić information content (AvgIpc) is 3.04. The van der Waals surface area contributed by atoms with Crippen molar-refractivity contribution >= 4 is 44.4 Å². The number of pyridine rings is 1. The fourth-order valence-electron chi connectivity index (χ4n) is 6.37. The van der Waals surface area contributed by atoms with E-state index in [1.54, 1.807) is 36.1 Å². The van der Waals surface area contributed by atoms with Crippen LogP contribution in [0.25, 0.3) is 28.0 Å². The monoisotopic (exact) mass is 755 g/mol. The second kappa shape index (κ2) is 14.7. The molecule has 1 fully saturated rings. The Labute approximate surface area is 309 Å². The summed E-state index contributed by atoms with van der Waals surface area (Å²) >= 11 is 6.89. The Hall–Kier alpha value is -4.17. The first kappa shape index (κ1) is 39.0. The van der Waals surface area contributed by atoms with Gasteiger partial charge in [0.05, 0.1) is 38.9 Å². The summed E-state index contributed by atoms with van der Waals surface area (Å²) in [6, 6.07) is 7.05. The third-order valence-electron chi connectivity index (χ3n) is 8.80. The Balaban J connectivity index is 1.83.